The number of hydrogen-bond donors (Lipinski definition) is 1. The van der Waals surface area contributed by atoms with Gasteiger partial charge in [0, 0.05) is 0 Å². The van der Waals surface area contributed by atoms with Gasteiger partial charge < -0.3 is 0 Å². The summed E-state index contributed by atoms with van der Waals surface area (Å²) in [6, 6.07) is 0.362. The highest BCUT2D eigenvalue weighted by atomic mass is 32.2. The van der Waals surface area contributed by atoms with E-state index >= 15 is 0 Å². The number of alkyl halides is 6. The first-order valence-electron chi connectivity index (χ1n) is 7.51. The lowest BCUT2D eigenvalue weighted by Gasteiger charge is -2.30. The van der Waals surface area contributed by atoms with Crippen molar-refractivity contribution in [3.63, 3.8) is 0 Å². The summed E-state index contributed by atoms with van der Waals surface area (Å²) in [4.78, 5) is -1.18. The van der Waals surface area contributed by atoms with Crippen LogP contribution in [0.25, 0.3) is 0 Å². The quantitative estimate of drug-likeness (QED) is 0.553. The second-order valence-electron chi connectivity index (χ2n) is 6.36. The second kappa shape index (κ2) is 6.46. The lowest BCUT2D eigenvalue weighted by Crippen LogP contribution is -2.23. The predicted molar refractivity (Wildman–Crippen MR) is 76.6 cm³/mol. The van der Waals surface area contributed by atoms with Crippen molar-refractivity contribution < 1.29 is 39.3 Å². The SMILES string of the molecule is CC1CCC(c2cc(S(=O)(=O)O)cc(C(F)(F)F)c2C(F)(F)F)CC1. The predicted octanol–water partition coefficient (Wildman–Crippen LogP) is 5.26. The molecular formula is C15H16F6O3S. The van der Waals surface area contributed by atoms with Gasteiger partial charge >= 0.3 is 12.4 Å². The van der Waals surface area contributed by atoms with Gasteiger partial charge in [-0.15, -0.1) is 0 Å². The maximum Gasteiger partial charge on any atom is 0.417 e. The van der Waals surface area contributed by atoms with Gasteiger partial charge in [-0.05, 0) is 42.4 Å². The van der Waals surface area contributed by atoms with Crippen LogP contribution in [-0.4, -0.2) is 13.0 Å². The summed E-state index contributed by atoms with van der Waals surface area (Å²) in [5, 5.41) is 0. The van der Waals surface area contributed by atoms with Crippen molar-refractivity contribution in [1.82, 2.24) is 0 Å². The van der Waals surface area contributed by atoms with E-state index in [0.717, 1.165) is 0 Å². The van der Waals surface area contributed by atoms with Gasteiger partial charge in [0.25, 0.3) is 10.1 Å². The highest BCUT2D eigenvalue weighted by Gasteiger charge is 2.46. The fourth-order valence-electron chi connectivity index (χ4n) is 3.22. The Labute approximate surface area is 140 Å². The summed E-state index contributed by atoms with van der Waals surface area (Å²) in [6.45, 7) is 1.89. The Hall–Kier alpha value is -1.29. The maximum absolute atomic E-state index is 13.4. The van der Waals surface area contributed by atoms with E-state index in [1.165, 1.54) is 0 Å². The zero-order valence-corrected chi connectivity index (χ0v) is 13.9. The van der Waals surface area contributed by atoms with Crippen LogP contribution in [0.2, 0.25) is 0 Å². The van der Waals surface area contributed by atoms with Gasteiger partial charge in [0.2, 0.25) is 0 Å². The molecule has 3 nitrogen and oxygen atoms in total. The maximum atomic E-state index is 13.4. The van der Waals surface area contributed by atoms with Crippen molar-refractivity contribution in [2.45, 2.75) is 55.8 Å². The molecule has 0 bridgehead atoms. The van der Waals surface area contributed by atoms with Crippen LogP contribution in [0.1, 0.15) is 55.2 Å². The van der Waals surface area contributed by atoms with Crippen molar-refractivity contribution in [2.24, 2.45) is 5.92 Å². The van der Waals surface area contributed by atoms with Crippen LogP contribution in [0.3, 0.4) is 0 Å². The van der Waals surface area contributed by atoms with Crippen LogP contribution < -0.4 is 0 Å². The van der Waals surface area contributed by atoms with Crippen molar-refractivity contribution >= 4 is 10.1 Å². The molecule has 0 aromatic heterocycles. The van der Waals surface area contributed by atoms with Crippen LogP contribution in [0, 0.1) is 5.92 Å². The summed E-state index contributed by atoms with van der Waals surface area (Å²) in [7, 11) is -5.09. The lowest BCUT2D eigenvalue weighted by atomic mass is 9.77. The van der Waals surface area contributed by atoms with E-state index in [9.17, 15) is 34.8 Å². The van der Waals surface area contributed by atoms with E-state index in [-0.39, 0.29) is 24.8 Å². The fourth-order valence-corrected chi connectivity index (χ4v) is 3.76. The van der Waals surface area contributed by atoms with Crippen LogP contribution in [-0.2, 0) is 22.5 Å². The van der Waals surface area contributed by atoms with E-state index in [2.05, 4.69) is 0 Å². The number of halogens is 6. The summed E-state index contributed by atoms with van der Waals surface area (Å²) in [5.74, 6) is -0.618. The van der Waals surface area contributed by atoms with Crippen LogP contribution in [0.4, 0.5) is 26.3 Å². The third-order valence-corrected chi connectivity index (χ3v) is 5.32. The molecule has 0 unspecified atom stereocenters. The molecule has 0 amide bonds. The topological polar surface area (TPSA) is 54.4 Å². The zero-order chi connectivity index (χ0) is 19.2. The zero-order valence-electron chi connectivity index (χ0n) is 13.1. The van der Waals surface area contributed by atoms with Crippen molar-refractivity contribution in [3.8, 4) is 0 Å². The molecule has 0 saturated heterocycles. The minimum Gasteiger partial charge on any atom is -0.282 e. The largest absolute Gasteiger partial charge is 0.417 e. The molecular weight excluding hydrogens is 374 g/mol. The molecule has 1 aromatic rings. The first-order valence-corrected chi connectivity index (χ1v) is 8.95. The lowest BCUT2D eigenvalue weighted by molar-refractivity contribution is -0.162. The highest BCUT2D eigenvalue weighted by molar-refractivity contribution is 7.85. The van der Waals surface area contributed by atoms with Crippen molar-refractivity contribution in [3.05, 3.63) is 28.8 Å². The van der Waals surface area contributed by atoms with E-state index in [1.54, 1.807) is 0 Å². The highest BCUT2D eigenvalue weighted by Crippen LogP contribution is 2.48. The minimum absolute atomic E-state index is 0.160. The Morgan fingerprint density at radius 2 is 1.48 bits per heavy atom. The molecule has 1 fully saturated rings. The average molecular weight is 390 g/mol. The van der Waals surface area contributed by atoms with Crippen molar-refractivity contribution in [1.29, 1.82) is 0 Å². The molecule has 142 valence electrons. The summed E-state index contributed by atoms with van der Waals surface area (Å²) < 4.78 is 111. The Bertz CT molecular complexity index is 744. The molecule has 2 rings (SSSR count). The Balaban J connectivity index is 2.78. The Morgan fingerprint density at radius 3 is 1.88 bits per heavy atom. The number of rotatable bonds is 2. The van der Waals surface area contributed by atoms with E-state index in [4.69, 9.17) is 4.55 Å². The average Bonchev–Trinajstić information content (AvgIpc) is 2.44. The van der Waals surface area contributed by atoms with Gasteiger partial charge in [0.1, 0.15) is 0 Å². The molecule has 1 aliphatic carbocycles. The smallest absolute Gasteiger partial charge is 0.282 e. The van der Waals surface area contributed by atoms with Crippen LogP contribution in [0.15, 0.2) is 17.0 Å². The third kappa shape index (κ3) is 4.46. The van der Waals surface area contributed by atoms with E-state index < -0.39 is 50.0 Å². The van der Waals surface area contributed by atoms with Gasteiger partial charge in [0.15, 0.2) is 0 Å². The minimum atomic E-state index is -5.41. The molecule has 0 aliphatic heterocycles. The summed E-state index contributed by atoms with van der Waals surface area (Å²) >= 11 is 0. The molecule has 1 aromatic carbocycles. The molecule has 0 heterocycles. The van der Waals surface area contributed by atoms with Crippen LogP contribution >= 0.6 is 0 Å². The van der Waals surface area contributed by atoms with Gasteiger partial charge in [-0.2, -0.15) is 34.8 Å². The first kappa shape index (κ1) is 20.0. The molecule has 0 atom stereocenters. The van der Waals surface area contributed by atoms with Gasteiger partial charge in [-0.3, -0.25) is 4.55 Å². The van der Waals surface area contributed by atoms with Gasteiger partial charge in [-0.1, -0.05) is 19.8 Å². The molecule has 1 saturated carbocycles. The summed E-state index contributed by atoms with van der Waals surface area (Å²) in [5.41, 5.74) is -4.68. The Morgan fingerprint density at radius 1 is 0.960 bits per heavy atom. The van der Waals surface area contributed by atoms with Crippen molar-refractivity contribution in [2.75, 3.05) is 0 Å². The molecule has 25 heavy (non-hydrogen) atoms. The molecule has 0 radical (unpaired) electrons. The number of hydrogen-bond acceptors (Lipinski definition) is 2. The van der Waals surface area contributed by atoms with Gasteiger partial charge in [0.05, 0.1) is 16.0 Å². The Kier molecular flexibility index (Phi) is 5.17. The molecule has 0 spiro atoms. The van der Waals surface area contributed by atoms with E-state index in [1.807, 2.05) is 6.92 Å². The second-order valence-corrected chi connectivity index (χ2v) is 7.78. The molecule has 10 heteroatoms. The standard InChI is InChI=1S/C15H16F6O3S/c1-8-2-4-9(5-3-8)11-6-10(25(22,23)24)7-12(14(16,17)18)13(11)15(19,20)21/h6-9H,2-5H2,1H3,(H,22,23,24). The normalized spacial score (nSPS) is 22.9. The molecule has 1 N–H and O–H groups in total. The first-order chi connectivity index (χ1) is 11.2. The third-order valence-electron chi connectivity index (χ3n) is 4.48. The summed E-state index contributed by atoms with van der Waals surface area (Å²) in [6.07, 6.45) is -9.23. The molecule has 1 aliphatic rings. The van der Waals surface area contributed by atoms with Crippen LogP contribution in [0.5, 0.6) is 0 Å². The fraction of sp³-hybridized carbons (Fsp3) is 0.600. The monoisotopic (exact) mass is 390 g/mol. The number of benzene rings is 1. The van der Waals surface area contributed by atoms with E-state index in [0.29, 0.717) is 18.9 Å². The van der Waals surface area contributed by atoms with Gasteiger partial charge in [-0.25, -0.2) is 0 Å².